The summed E-state index contributed by atoms with van der Waals surface area (Å²) in [6.45, 7) is 3.14. The van der Waals surface area contributed by atoms with E-state index in [9.17, 15) is 4.39 Å². The van der Waals surface area contributed by atoms with E-state index in [2.05, 4.69) is 12.2 Å². The van der Waals surface area contributed by atoms with E-state index in [-0.39, 0.29) is 5.82 Å². The Morgan fingerprint density at radius 1 is 1.32 bits per heavy atom. The molecule has 0 aliphatic heterocycles. The fourth-order valence-electron chi connectivity index (χ4n) is 3.25. The molecule has 0 spiro atoms. The Bertz CT molecular complexity index is 371. The first-order valence-electron chi connectivity index (χ1n) is 7.75. The van der Waals surface area contributed by atoms with Crippen LogP contribution in [0.5, 0.6) is 0 Å². The Labute approximate surface area is 116 Å². The van der Waals surface area contributed by atoms with Crippen molar-refractivity contribution in [1.82, 2.24) is 5.32 Å². The Balaban J connectivity index is 1.84. The molecule has 19 heavy (non-hydrogen) atoms. The highest BCUT2D eigenvalue weighted by molar-refractivity contribution is 5.17. The van der Waals surface area contributed by atoms with Crippen LogP contribution in [0, 0.1) is 11.7 Å². The molecule has 2 heteroatoms. The number of halogens is 1. The average Bonchev–Trinajstić information content (AvgIpc) is 2.89. The third-order valence-corrected chi connectivity index (χ3v) is 4.26. The maximum Gasteiger partial charge on any atom is 0.123 e. The van der Waals surface area contributed by atoms with Crippen molar-refractivity contribution >= 4 is 0 Å². The Morgan fingerprint density at radius 3 is 2.79 bits per heavy atom. The summed E-state index contributed by atoms with van der Waals surface area (Å²) in [6, 6.07) is 7.52. The van der Waals surface area contributed by atoms with Crippen LogP contribution in [0.3, 0.4) is 0 Å². The summed E-state index contributed by atoms with van der Waals surface area (Å²) in [5, 5.41) is 3.55. The van der Waals surface area contributed by atoms with Gasteiger partial charge < -0.3 is 5.32 Å². The molecule has 1 unspecified atom stereocenters. The number of hydrogen-bond donors (Lipinski definition) is 1. The van der Waals surface area contributed by atoms with Crippen LogP contribution in [0.1, 0.15) is 51.0 Å². The predicted octanol–water partition coefficient (Wildman–Crippen LogP) is 4.32. The number of likely N-dealkylation sites (N-methyl/N-ethyl adjacent to an activating group) is 1. The summed E-state index contributed by atoms with van der Waals surface area (Å²) in [4.78, 5) is 0. The summed E-state index contributed by atoms with van der Waals surface area (Å²) in [6.07, 6.45) is 9.15. The highest BCUT2D eigenvalue weighted by Crippen LogP contribution is 2.29. The number of hydrogen-bond acceptors (Lipinski definition) is 1. The zero-order valence-corrected chi connectivity index (χ0v) is 12.0. The normalized spacial score (nSPS) is 17.8. The minimum absolute atomic E-state index is 0.122. The molecule has 0 radical (unpaired) electrons. The van der Waals surface area contributed by atoms with Gasteiger partial charge in [-0.25, -0.2) is 4.39 Å². The van der Waals surface area contributed by atoms with Crippen LogP contribution < -0.4 is 5.32 Å². The van der Waals surface area contributed by atoms with E-state index in [0.717, 1.165) is 24.4 Å². The van der Waals surface area contributed by atoms with Gasteiger partial charge in [0, 0.05) is 6.04 Å². The Morgan fingerprint density at radius 2 is 2.11 bits per heavy atom. The van der Waals surface area contributed by atoms with Gasteiger partial charge in [-0.05, 0) is 49.4 Å². The van der Waals surface area contributed by atoms with Crippen LogP contribution in [0.2, 0.25) is 0 Å². The first-order valence-corrected chi connectivity index (χ1v) is 7.75. The van der Waals surface area contributed by atoms with E-state index in [1.807, 2.05) is 12.1 Å². The van der Waals surface area contributed by atoms with Crippen LogP contribution >= 0.6 is 0 Å². The standard InChI is InChI=1S/C17H26FN/c1-2-19-17(11-10-14-6-3-4-7-14)13-15-8-5-9-16(18)12-15/h5,8-9,12,14,17,19H,2-4,6-7,10-11,13H2,1H3. The van der Waals surface area contributed by atoms with Crippen molar-refractivity contribution in [3.05, 3.63) is 35.6 Å². The van der Waals surface area contributed by atoms with Gasteiger partial charge in [0.1, 0.15) is 5.82 Å². The second-order valence-corrected chi connectivity index (χ2v) is 5.82. The smallest absolute Gasteiger partial charge is 0.123 e. The molecule has 1 aromatic rings. The third-order valence-electron chi connectivity index (χ3n) is 4.26. The van der Waals surface area contributed by atoms with E-state index >= 15 is 0 Å². The molecule has 1 atom stereocenters. The van der Waals surface area contributed by atoms with Gasteiger partial charge in [0.2, 0.25) is 0 Å². The zero-order chi connectivity index (χ0) is 13.5. The van der Waals surface area contributed by atoms with E-state index in [1.165, 1.54) is 44.6 Å². The molecule has 0 heterocycles. The molecule has 1 aliphatic carbocycles. The lowest BCUT2D eigenvalue weighted by molar-refractivity contribution is 0.407. The molecule has 1 aliphatic rings. The van der Waals surface area contributed by atoms with Crippen molar-refractivity contribution < 1.29 is 4.39 Å². The molecule has 1 N–H and O–H groups in total. The van der Waals surface area contributed by atoms with Crippen molar-refractivity contribution in [1.29, 1.82) is 0 Å². The number of nitrogens with one attached hydrogen (secondary N) is 1. The van der Waals surface area contributed by atoms with Crippen molar-refractivity contribution in [3.8, 4) is 0 Å². The summed E-state index contributed by atoms with van der Waals surface area (Å²) in [5.41, 5.74) is 1.11. The lowest BCUT2D eigenvalue weighted by Crippen LogP contribution is -2.31. The van der Waals surface area contributed by atoms with Crippen molar-refractivity contribution in [3.63, 3.8) is 0 Å². The van der Waals surface area contributed by atoms with E-state index in [4.69, 9.17) is 0 Å². The first kappa shape index (κ1) is 14.5. The predicted molar refractivity (Wildman–Crippen MR) is 78.8 cm³/mol. The quantitative estimate of drug-likeness (QED) is 0.772. The van der Waals surface area contributed by atoms with Gasteiger partial charge in [-0.15, -0.1) is 0 Å². The van der Waals surface area contributed by atoms with E-state index in [0.29, 0.717) is 6.04 Å². The average molecular weight is 263 g/mol. The molecule has 0 amide bonds. The minimum atomic E-state index is -0.122. The molecule has 0 aromatic heterocycles. The Kier molecular flexibility index (Phi) is 5.84. The highest BCUT2D eigenvalue weighted by atomic mass is 19.1. The van der Waals surface area contributed by atoms with Gasteiger partial charge in [-0.3, -0.25) is 0 Å². The van der Waals surface area contributed by atoms with Crippen LogP contribution in [-0.4, -0.2) is 12.6 Å². The summed E-state index contributed by atoms with van der Waals surface area (Å²) in [5.74, 6) is 0.817. The molecule has 2 rings (SSSR count). The van der Waals surface area contributed by atoms with Gasteiger partial charge in [-0.1, -0.05) is 44.7 Å². The van der Waals surface area contributed by atoms with Crippen LogP contribution in [0.15, 0.2) is 24.3 Å². The number of rotatable bonds is 7. The highest BCUT2D eigenvalue weighted by Gasteiger charge is 2.17. The molecule has 1 saturated carbocycles. The van der Waals surface area contributed by atoms with E-state index in [1.54, 1.807) is 6.07 Å². The molecule has 0 bridgehead atoms. The molecule has 0 saturated heterocycles. The second kappa shape index (κ2) is 7.64. The maximum atomic E-state index is 13.2. The maximum absolute atomic E-state index is 13.2. The molecule has 1 aromatic carbocycles. The van der Waals surface area contributed by atoms with Gasteiger partial charge in [0.25, 0.3) is 0 Å². The van der Waals surface area contributed by atoms with Crippen molar-refractivity contribution in [2.24, 2.45) is 5.92 Å². The van der Waals surface area contributed by atoms with Gasteiger partial charge >= 0.3 is 0 Å². The monoisotopic (exact) mass is 263 g/mol. The lowest BCUT2D eigenvalue weighted by atomic mass is 9.95. The van der Waals surface area contributed by atoms with E-state index < -0.39 is 0 Å². The summed E-state index contributed by atoms with van der Waals surface area (Å²) >= 11 is 0. The third kappa shape index (κ3) is 4.94. The van der Waals surface area contributed by atoms with Crippen LogP contribution in [-0.2, 0) is 6.42 Å². The van der Waals surface area contributed by atoms with Gasteiger partial charge in [0.15, 0.2) is 0 Å². The fourth-order valence-corrected chi connectivity index (χ4v) is 3.25. The van der Waals surface area contributed by atoms with Crippen LogP contribution in [0.25, 0.3) is 0 Å². The van der Waals surface area contributed by atoms with Crippen LogP contribution in [0.4, 0.5) is 4.39 Å². The van der Waals surface area contributed by atoms with Gasteiger partial charge in [0.05, 0.1) is 0 Å². The fraction of sp³-hybridized carbons (Fsp3) is 0.647. The molecule has 106 valence electrons. The topological polar surface area (TPSA) is 12.0 Å². The van der Waals surface area contributed by atoms with Crippen molar-refractivity contribution in [2.45, 2.75) is 57.9 Å². The number of benzene rings is 1. The second-order valence-electron chi connectivity index (χ2n) is 5.82. The molecule has 1 fully saturated rings. The largest absolute Gasteiger partial charge is 0.314 e. The summed E-state index contributed by atoms with van der Waals surface area (Å²) in [7, 11) is 0. The molecular weight excluding hydrogens is 237 g/mol. The Hall–Kier alpha value is -0.890. The SMILES string of the molecule is CCNC(CCC1CCCC1)Cc1cccc(F)c1. The summed E-state index contributed by atoms with van der Waals surface area (Å²) < 4.78 is 13.2. The van der Waals surface area contributed by atoms with Crippen molar-refractivity contribution in [2.75, 3.05) is 6.54 Å². The van der Waals surface area contributed by atoms with Gasteiger partial charge in [-0.2, -0.15) is 0 Å². The molecular formula is C17H26FN. The minimum Gasteiger partial charge on any atom is -0.314 e. The lowest BCUT2D eigenvalue weighted by Gasteiger charge is -2.20. The molecule has 1 nitrogen and oxygen atoms in total. The zero-order valence-electron chi connectivity index (χ0n) is 12.0. The first-order chi connectivity index (χ1) is 9.28.